The predicted octanol–water partition coefficient (Wildman–Crippen LogP) is 2.51. The van der Waals surface area contributed by atoms with Crippen LogP contribution in [0.1, 0.15) is 27.9 Å². The number of rotatable bonds is 6. The van der Waals surface area contributed by atoms with Gasteiger partial charge in [0, 0.05) is 32.2 Å². The third kappa shape index (κ3) is 4.22. The number of benzene rings is 1. The molecule has 3 rings (SSSR count). The summed E-state index contributed by atoms with van der Waals surface area (Å²) >= 11 is 0. The second-order valence-corrected chi connectivity index (χ2v) is 6.97. The van der Waals surface area contributed by atoms with Gasteiger partial charge in [-0.25, -0.2) is 0 Å². The lowest BCUT2D eigenvalue weighted by Gasteiger charge is -2.29. The van der Waals surface area contributed by atoms with E-state index < -0.39 is 0 Å². The molecule has 5 heteroatoms. The van der Waals surface area contributed by atoms with Crippen LogP contribution >= 0.6 is 0 Å². The Labute approximate surface area is 151 Å². The minimum absolute atomic E-state index is 0.795. The molecule has 1 aromatic heterocycles. The Bertz CT molecular complexity index is 717. The predicted molar refractivity (Wildman–Crippen MR) is 102 cm³/mol. The highest BCUT2D eigenvalue weighted by molar-refractivity contribution is 5.50. The van der Waals surface area contributed by atoms with E-state index >= 15 is 0 Å². The highest BCUT2D eigenvalue weighted by Gasteiger charge is 2.20. The van der Waals surface area contributed by atoms with Crippen LogP contribution in [0, 0.1) is 20.8 Å². The molecule has 2 aromatic rings. The molecular formula is C20H30N4O. The van der Waals surface area contributed by atoms with Crippen molar-refractivity contribution in [3.8, 4) is 0 Å². The monoisotopic (exact) mass is 342 g/mol. The minimum atomic E-state index is 0.795. The fourth-order valence-corrected chi connectivity index (χ4v) is 3.63. The molecular weight excluding hydrogens is 312 g/mol. The van der Waals surface area contributed by atoms with Crippen LogP contribution in [0.5, 0.6) is 0 Å². The average molecular weight is 342 g/mol. The van der Waals surface area contributed by atoms with E-state index in [1.165, 1.54) is 28.1 Å². The molecule has 1 saturated heterocycles. The maximum absolute atomic E-state index is 5.49. The van der Waals surface area contributed by atoms with Gasteiger partial charge in [-0.3, -0.25) is 4.68 Å². The molecule has 25 heavy (non-hydrogen) atoms. The Morgan fingerprint density at radius 2 is 1.92 bits per heavy atom. The molecule has 0 radical (unpaired) electrons. The van der Waals surface area contributed by atoms with E-state index in [0.29, 0.717) is 0 Å². The number of aryl methyl sites for hydroxylation is 4. The number of nitrogens with zero attached hydrogens (tertiary/aromatic N) is 3. The molecule has 136 valence electrons. The Morgan fingerprint density at radius 3 is 2.64 bits per heavy atom. The molecule has 1 N–H and O–H groups in total. The van der Waals surface area contributed by atoms with E-state index in [1.54, 1.807) is 0 Å². The lowest BCUT2D eigenvalue weighted by atomic mass is 10.0. The molecule has 2 heterocycles. The van der Waals surface area contributed by atoms with Crippen molar-refractivity contribution in [1.82, 2.24) is 15.1 Å². The molecule has 0 saturated carbocycles. The third-order valence-electron chi connectivity index (χ3n) is 4.99. The van der Waals surface area contributed by atoms with Crippen LogP contribution in [0.4, 0.5) is 5.82 Å². The summed E-state index contributed by atoms with van der Waals surface area (Å²) in [6.07, 6.45) is 1.05. The second-order valence-electron chi connectivity index (χ2n) is 6.97. The van der Waals surface area contributed by atoms with Gasteiger partial charge in [0.15, 0.2) is 0 Å². The van der Waals surface area contributed by atoms with Gasteiger partial charge in [-0.2, -0.15) is 5.10 Å². The summed E-state index contributed by atoms with van der Waals surface area (Å²) in [7, 11) is 2.04. The zero-order valence-corrected chi connectivity index (χ0v) is 15.9. The first-order valence-corrected chi connectivity index (χ1v) is 9.18. The van der Waals surface area contributed by atoms with E-state index in [-0.39, 0.29) is 0 Å². The molecule has 0 unspecified atom stereocenters. The first-order valence-electron chi connectivity index (χ1n) is 9.18. The van der Waals surface area contributed by atoms with Crippen LogP contribution < -0.4 is 10.2 Å². The van der Waals surface area contributed by atoms with Gasteiger partial charge in [0.2, 0.25) is 0 Å². The van der Waals surface area contributed by atoms with E-state index in [1.807, 2.05) is 11.7 Å². The Kier molecular flexibility index (Phi) is 5.76. The summed E-state index contributed by atoms with van der Waals surface area (Å²) in [4.78, 5) is 2.39. The summed E-state index contributed by atoms with van der Waals surface area (Å²) in [6.45, 7) is 11.7. The van der Waals surface area contributed by atoms with Gasteiger partial charge in [-0.15, -0.1) is 0 Å². The van der Waals surface area contributed by atoms with Crippen LogP contribution in [0.15, 0.2) is 18.2 Å². The van der Waals surface area contributed by atoms with Gasteiger partial charge >= 0.3 is 0 Å². The summed E-state index contributed by atoms with van der Waals surface area (Å²) in [6, 6.07) is 6.71. The number of nitrogens with one attached hydrogen (secondary N) is 1. The summed E-state index contributed by atoms with van der Waals surface area (Å²) in [5, 5.41) is 8.26. The van der Waals surface area contributed by atoms with Crippen molar-refractivity contribution in [2.45, 2.75) is 33.7 Å². The molecule has 1 aliphatic heterocycles. The summed E-state index contributed by atoms with van der Waals surface area (Å²) in [5.41, 5.74) is 6.56. The molecule has 1 aliphatic rings. The van der Waals surface area contributed by atoms with Crippen molar-refractivity contribution >= 4 is 5.82 Å². The maximum Gasteiger partial charge on any atom is 0.131 e. The highest BCUT2D eigenvalue weighted by atomic mass is 16.5. The zero-order chi connectivity index (χ0) is 17.8. The first-order chi connectivity index (χ1) is 12.1. The van der Waals surface area contributed by atoms with Gasteiger partial charge in [-0.05, 0) is 44.9 Å². The lowest BCUT2D eigenvalue weighted by molar-refractivity contribution is 0.122. The maximum atomic E-state index is 5.49. The number of aromatic nitrogens is 2. The van der Waals surface area contributed by atoms with Gasteiger partial charge in [0.25, 0.3) is 0 Å². The molecule has 0 amide bonds. The quantitative estimate of drug-likeness (QED) is 0.819. The van der Waals surface area contributed by atoms with E-state index in [2.05, 4.69) is 54.3 Å². The van der Waals surface area contributed by atoms with Crippen LogP contribution in [0.2, 0.25) is 0 Å². The van der Waals surface area contributed by atoms with Crippen LogP contribution in [-0.2, 0) is 24.8 Å². The number of hydrogen-bond donors (Lipinski definition) is 1. The Balaban J connectivity index is 1.61. The van der Waals surface area contributed by atoms with Crippen molar-refractivity contribution in [2.75, 3.05) is 37.7 Å². The van der Waals surface area contributed by atoms with Crippen LogP contribution in [-0.4, -0.2) is 42.6 Å². The van der Waals surface area contributed by atoms with Gasteiger partial charge in [0.1, 0.15) is 5.82 Å². The molecule has 0 bridgehead atoms. The largest absolute Gasteiger partial charge is 0.378 e. The fraction of sp³-hybridized carbons (Fsp3) is 0.550. The summed E-state index contributed by atoms with van der Waals surface area (Å²) < 4.78 is 7.50. The summed E-state index contributed by atoms with van der Waals surface area (Å²) in [5.74, 6) is 1.24. The topological polar surface area (TPSA) is 42.3 Å². The highest BCUT2D eigenvalue weighted by Crippen LogP contribution is 2.24. The molecule has 0 atom stereocenters. The lowest BCUT2D eigenvalue weighted by Crippen LogP contribution is -2.38. The minimum Gasteiger partial charge on any atom is -0.378 e. The first kappa shape index (κ1) is 18.0. The number of hydrogen-bond acceptors (Lipinski definition) is 4. The Morgan fingerprint density at radius 1 is 1.16 bits per heavy atom. The zero-order valence-electron chi connectivity index (χ0n) is 15.9. The van der Waals surface area contributed by atoms with E-state index in [0.717, 1.165) is 51.5 Å². The smallest absolute Gasteiger partial charge is 0.131 e. The van der Waals surface area contributed by atoms with Crippen molar-refractivity contribution in [3.05, 3.63) is 46.1 Å². The molecule has 0 spiro atoms. The third-order valence-corrected chi connectivity index (χ3v) is 4.99. The fourth-order valence-electron chi connectivity index (χ4n) is 3.63. The van der Waals surface area contributed by atoms with Gasteiger partial charge in [0.05, 0.1) is 18.9 Å². The SMILES string of the molecule is Cc1ccc(CCNCc2c(C)nn(C)c2N2CCOCC2)c(C)c1. The van der Waals surface area contributed by atoms with Gasteiger partial charge in [-0.1, -0.05) is 23.8 Å². The van der Waals surface area contributed by atoms with Crippen molar-refractivity contribution in [2.24, 2.45) is 7.05 Å². The van der Waals surface area contributed by atoms with Crippen molar-refractivity contribution in [1.29, 1.82) is 0 Å². The standard InChI is InChI=1S/C20H30N4O/c1-15-5-6-18(16(2)13-15)7-8-21-14-19-17(3)22-23(4)20(19)24-9-11-25-12-10-24/h5-6,13,21H,7-12,14H2,1-4H3. The number of ether oxygens (including phenoxy) is 1. The number of morpholine rings is 1. The van der Waals surface area contributed by atoms with E-state index in [4.69, 9.17) is 4.74 Å². The Hall–Kier alpha value is -1.85. The number of anilines is 1. The normalized spacial score (nSPS) is 15.0. The van der Waals surface area contributed by atoms with Crippen LogP contribution in [0.25, 0.3) is 0 Å². The van der Waals surface area contributed by atoms with Crippen molar-refractivity contribution < 1.29 is 4.74 Å². The molecule has 1 aromatic carbocycles. The second kappa shape index (κ2) is 8.02. The van der Waals surface area contributed by atoms with Gasteiger partial charge < -0.3 is 15.0 Å². The molecule has 0 aliphatic carbocycles. The van der Waals surface area contributed by atoms with Crippen molar-refractivity contribution in [3.63, 3.8) is 0 Å². The molecule has 5 nitrogen and oxygen atoms in total. The molecule has 1 fully saturated rings. The van der Waals surface area contributed by atoms with E-state index in [9.17, 15) is 0 Å². The van der Waals surface area contributed by atoms with Crippen LogP contribution in [0.3, 0.4) is 0 Å². The average Bonchev–Trinajstić information content (AvgIpc) is 2.87.